The zero-order valence-corrected chi connectivity index (χ0v) is 10.8. The molecule has 0 fully saturated rings. The summed E-state index contributed by atoms with van der Waals surface area (Å²) in [6.07, 6.45) is -3.23. The molecule has 2 unspecified atom stereocenters. The van der Waals surface area contributed by atoms with E-state index in [1.807, 2.05) is 6.07 Å². The van der Waals surface area contributed by atoms with Gasteiger partial charge in [0.05, 0.1) is 6.04 Å². The molecule has 0 saturated carbocycles. The summed E-state index contributed by atoms with van der Waals surface area (Å²) in [6.45, 7) is 1.62. The van der Waals surface area contributed by atoms with Gasteiger partial charge in [0, 0.05) is 0 Å². The Balaban J connectivity index is 2.17. The van der Waals surface area contributed by atoms with Gasteiger partial charge >= 0.3 is 6.18 Å². The number of alkyl halides is 3. The summed E-state index contributed by atoms with van der Waals surface area (Å²) in [7, 11) is 0. The molecule has 5 heteroatoms. The van der Waals surface area contributed by atoms with Crippen molar-refractivity contribution in [3.05, 3.63) is 29.3 Å². The van der Waals surface area contributed by atoms with Crippen LogP contribution in [0.5, 0.6) is 5.75 Å². The van der Waals surface area contributed by atoms with Crippen LogP contribution in [0.3, 0.4) is 0 Å². The molecular weight excluding hydrogens is 255 g/mol. The van der Waals surface area contributed by atoms with Gasteiger partial charge in [-0.05, 0) is 48.9 Å². The van der Waals surface area contributed by atoms with Gasteiger partial charge in [0.15, 0.2) is 0 Å². The summed E-state index contributed by atoms with van der Waals surface area (Å²) in [4.78, 5) is 0. The highest BCUT2D eigenvalue weighted by molar-refractivity contribution is 5.38. The minimum atomic E-state index is -4.45. The molecule has 19 heavy (non-hydrogen) atoms. The molecule has 1 aromatic rings. The van der Waals surface area contributed by atoms with Crippen molar-refractivity contribution in [3.8, 4) is 5.75 Å². The van der Waals surface area contributed by atoms with Crippen LogP contribution < -0.4 is 10.5 Å². The van der Waals surface area contributed by atoms with Crippen molar-refractivity contribution >= 4 is 0 Å². The maximum atomic E-state index is 12.9. The average molecular weight is 273 g/mol. The van der Waals surface area contributed by atoms with Crippen LogP contribution in [0.15, 0.2) is 18.2 Å². The molecule has 0 spiro atoms. The molecule has 0 amide bonds. The van der Waals surface area contributed by atoms with Crippen LogP contribution in [0, 0.1) is 0 Å². The number of rotatable bonds is 4. The maximum absolute atomic E-state index is 12.9. The zero-order chi connectivity index (χ0) is 14.0. The molecule has 1 aliphatic carbocycles. The third kappa shape index (κ3) is 3.21. The Kier molecular flexibility index (Phi) is 4.04. The second kappa shape index (κ2) is 5.41. The van der Waals surface area contributed by atoms with Gasteiger partial charge < -0.3 is 10.5 Å². The highest BCUT2D eigenvalue weighted by atomic mass is 19.4. The van der Waals surface area contributed by atoms with Crippen molar-refractivity contribution in [2.45, 2.75) is 50.9 Å². The van der Waals surface area contributed by atoms with E-state index in [1.54, 1.807) is 19.1 Å². The van der Waals surface area contributed by atoms with Crippen molar-refractivity contribution in [1.82, 2.24) is 0 Å². The quantitative estimate of drug-likeness (QED) is 0.914. The largest absolute Gasteiger partial charge is 0.479 e. The Labute approximate surface area is 110 Å². The number of hydrogen-bond donors (Lipinski definition) is 1. The SMILES string of the molecule is CCC(N)C(Oc1ccc2c(c1)CCC2)C(F)(F)F. The van der Waals surface area contributed by atoms with E-state index >= 15 is 0 Å². The third-order valence-electron chi connectivity index (χ3n) is 3.52. The van der Waals surface area contributed by atoms with E-state index in [0.29, 0.717) is 0 Å². The van der Waals surface area contributed by atoms with Crippen molar-refractivity contribution < 1.29 is 17.9 Å². The fourth-order valence-electron chi connectivity index (χ4n) is 2.38. The van der Waals surface area contributed by atoms with E-state index in [4.69, 9.17) is 10.5 Å². The van der Waals surface area contributed by atoms with Crippen molar-refractivity contribution in [2.75, 3.05) is 0 Å². The smallest absolute Gasteiger partial charge is 0.426 e. The fraction of sp³-hybridized carbons (Fsp3) is 0.571. The molecule has 0 saturated heterocycles. The van der Waals surface area contributed by atoms with Crippen molar-refractivity contribution in [3.63, 3.8) is 0 Å². The van der Waals surface area contributed by atoms with E-state index < -0.39 is 18.3 Å². The van der Waals surface area contributed by atoms with Gasteiger partial charge in [-0.1, -0.05) is 13.0 Å². The number of ether oxygens (including phenoxy) is 1. The lowest BCUT2D eigenvalue weighted by atomic mass is 10.1. The molecule has 1 aliphatic rings. The average Bonchev–Trinajstić information content (AvgIpc) is 2.81. The highest BCUT2D eigenvalue weighted by Crippen LogP contribution is 2.31. The molecule has 1 aromatic carbocycles. The summed E-state index contributed by atoms with van der Waals surface area (Å²) >= 11 is 0. The molecule has 0 aromatic heterocycles. The fourth-order valence-corrected chi connectivity index (χ4v) is 2.38. The molecule has 0 heterocycles. The molecule has 2 N–H and O–H groups in total. The predicted octanol–water partition coefficient (Wildman–Crippen LogP) is 3.22. The number of halogens is 3. The Morgan fingerprint density at radius 1 is 1.26 bits per heavy atom. The van der Waals surface area contributed by atoms with Gasteiger partial charge in [0.1, 0.15) is 5.75 Å². The second-order valence-electron chi connectivity index (χ2n) is 4.94. The lowest BCUT2D eigenvalue weighted by molar-refractivity contribution is -0.200. The maximum Gasteiger partial charge on any atom is 0.426 e. The van der Waals surface area contributed by atoms with Gasteiger partial charge in [-0.3, -0.25) is 0 Å². The van der Waals surface area contributed by atoms with E-state index in [1.165, 1.54) is 5.56 Å². The number of aryl methyl sites for hydroxylation is 2. The standard InChI is InChI=1S/C14H18F3NO/c1-2-12(18)13(14(15,16)17)19-11-7-6-9-4-3-5-10(9)8-11/h6-8,12-13H,2-5,18H2,1H3. The van der Waals surface area contributed by atoms with Crippen LogP contribution in [0.25, 0.3) is 0 Å². The minimum absolute atomic E-state index is 0.217. The number of benzene rings is 1. The normalized spacial score (nSPS) is 17.9. The highest BCUT2D eigenvalue weighted by Gasteiger charge is 2.45. The summed E-state index contributed by atoms with van der Waals surface area (Å²) in [6, 6.07) is 4.12. The summed E-state index contributed by atoms with van der Waals surface area (Å²) < 4.78 is 43.8. The first-order chi connectivity index (χ1) is 8.91. The lowest BCUT2D eigenvalue weighted by Crippen LogP contribution is -2.48. The topological polar surface area (TPSA) is 35.2 Å². The van der Waals surface area contributed by atoms with Crippen LogP contribution in [-0.4, -0.2) is 18.3 Å². The van der Waals surface area contributed by atoms with Crippen LogP contribution in [-0.2, 0) is 12.8 Å². The second-order valence-corrected chi connectivity index (χ2v) is 4.94. The molecule has 2 atom stereocenters. The molecule has 0 radical (unpaired) electrons. The minimum Gasteiger partial charge on any atom is -0.479 e. The first kappa shape index (κ1) is 14.2. The Morgan fingerprint density at radius 3 is 2.58 bits per heavy atom. The first-order valence-corrected chi connectivity index (χ1v) is 6.52. The van der Waals surface area contributed by atoms with Crippen LogP contribution >= 0.6 is 0 Å². The van der Waals surface area contributed by atoms with E-state index in [9.17, 15) is 13.2 Å². The Hall–Kier alpha value is -1.23. The Morgan fingerprint density at radius 2 is 1.95 bits per heavy atom. The van der Waals surface area contributed by atoms with E-state index in [2.05, 4.69) is 0 Å². The van der Waals surface area contributed by atoms with Crippen LogP contribution in [0.1, 0.15) is 30.9 Å². The third-order valence-corrected chi connectivity index (χ3v) is 3.52. The summed E-state index contributed by atoms with van der Waals surface area (Å²) in [5.41, 5.74) is 7.81. The molecular formula is C14H18F3NO. The molecule has 2 rings (SSSR count). The zero-order valence-electron chi connectivity index (χ0n) is 10.8. The van der Waals surface area contributed by atoms with Crippen molar-refractivity contribution in [2.24, 2.45) is 5.73 Å². The van der Waals surface area contributed by atoms with Gasteiger partial charge in [-0.15, -0.1) is 0 Å². The summed E-state index contributed by atoms with van der Waals surface area (Å²) in [5, 5.41) is 0. The van der Waals surface area contributed by atoms with Gasteiger partial charge in [-0.25, -0.2) is 0 Å². The van der Waals surface area contributed by atoms with Crippen molar-refractivity contribution in [1.29, 1.82) is 0 Å². The predicted molar refractivity (Wildman–Crippen MR) is 67.2 cm³/mol. The van der Waals surface area contributed by atoms with Crippen LogP contribution in [0.2, 0.25) is 0 Å². The molecule has 106 valence electrons. The monoisotopic (exact) mass is 273 g/mol. The Bertz CT molecular complexity index is 445. The van der Waals surface area contributed by atoms with Gasteiger partial charge in [0.25, 0.3) is 0 Å². The first-order valence-electron chi connectivity index (χ1n) is 6.52. The number of hydrogen-bond acceptors (Lipinski definition) is 2. The lowest BCUT2D eigenvalue weighted by Gasteiger charge is -2.26. The number of fused-ring (bicyclic) bond motifs is 1. The van der Waals surface area contributed by atoms with E-state index in [0.717, 1.165) is 24.8 Å². The van der Waals surface area contributed by atoms with E-state index in [-0.39, 0.29) is 12.2 Å². The van der Waals surface area contributed by atoms with Gasteiger partial charge in [-0.2, -0.15) is 13.2 Å². The molecule has 0 bridgehead atoms. The summed E-state index contributed by atoms with van der Waals surface area (Å²) in [5.74, 6) is 0.256. The van der Waals surface area contributed by atoms with Crippen LogP contribution in [0.4, 0.5) is 13.2 Å². The van der Waals surface area contributed by atoms with Gasteiger partial charge in [0.2, 0.25) is 6.10 Å². The number of nitrogens with two attached hydrogens (primary N) is 1. The molecule has 2 nitrogen and oxygen atoms in total. The molecule has 0 aliphatic heterocycles.